The Morgan fingerprint density at radius 2 is 2.00 bits per heavy atom. The largest absolute Gasteiger partial charge is 0.504 e. The first-order valence-electron chi connectivity index (χ1n) is 4.35. The number of aromatic nitrogens is 2. The van der Waals surface area contributed by atoms with E-state index in [-0.39, 0.29) is 17.1 Å². The lowest BCUT2D eigenvalue weighted by Gasteiger charge is -2.02. The standard InChI is InChI=1S/C10H7BrN2O3/c11-6-4-12-9(13-10(6)16)5-1-2-7(14)8(15)3-5/h1-4,14-15H,(H,12,13,16). The second-order valence-corrected chi connectivity index (χ2v) is 3.97. The van der Waals surface area contributed by atoms with Gasteiger partial charge in [-0.25, -0.2) is 4.98 Å². The highest BCUT2D eigenvalue weighted by Gasteiger charge is 2.06. The average Bonchev–Trinajstić information content (AvgIpc) is 2.26. The fourth-order valence-electron chi connectivity index (χ4n) is 1.20. The van der Waals surface area contributed by atoms with Crippen LogP contribution in [-0.4, -0.2) is 20.2 Å². The highest BCUT2D eigenvalue weighted by atomic mass is 79.9. The molecule has 0 unspecified atom stereocenters. The molecule has 16 heavy (non-hydrogen) atoms. The molecule has 0 amide bonds. The third-order valence-electron chi connectivity index (χ3n) is 2.00. The highest BCUT2D eigenvalue weighted by molar-refractivity contribution is 9.10. The zero-order chi connectivity index (χ0) is 11.7. The first-order chi connectivity index (χ1) is 7.58. The van der Waals surface area contributed by atoms with Crippen LogP contribution in [0.3, 0.4) is 0 Å². The van der Waals surface area contributed by atoms with E-state index in [2.05, 4.69) is 25.9 Å². The quantitative estimate of drug-likeness (QED) is 0.694. The SMILES string of the molecule is O=c1[nH]c(-c2ccc(O)c(O)c2)ncc1Br. The zero-order valence-electron chi connectivity index (χ0n) is 7.94. The Kier molecular flexibility index (Phi) is 2.66. The Bertz CT molecular complexity index is 595. The van der Waals surface area contributed by atoms with E-state index in [9.17, 15) is 9.90 Å². The number of phenols is 2. The number of benzene rings is 1. The van der Waals surface area contributed by atoms with E-state index in [1.54, 1.807) is 6.07 Å². The summed E-state index contributed by atoms with van der Waals surface area (Å²) < 4.78 is 0.333. The molecule has 0 spiro atoms. The van der Waals surface area contributed by atoms with Gasteiger partial charge in [0.25, 0.3) is 5.56 Å². The van der Waals surface area contributed by atoms with E-state index in [0.717, 1.165) is 0 Å². The van der Waals surface area contributed by atoms with Crippen LogP contribution in [0, 0.1) is 0 Å². The van der Waals surface area contributed by atoms with Gasteiger partial charge in [0.15, 0.2) is 11.5 Å². The van der Waals surface area contributed by atoms with Crippen molar-refractivity contribution in [3.8, 4) is 22.9 Å². The predicted molar refractivity (Wildman–Crippen MR) is 61.3 cm³/mol. The lowest BCUT2D eigenvalue weighted by molar-refractivity contribution is 0.404. The lowest BCUT2D eigenvalue weighted by Crippen LogP contribution is -2.08. The second-order valence-electron chi connectivity index (χ2n) is 3.11. The molecule has 1 aromatic carbocycles. The molecule has 3 N–H and O–H groups in total. The maximum Gasteiger partial charge on any atom is 0.265 e. The van der Waals surface area contributed by atoms with E-state index in [4.69, 9.17) is 5.11 Å². The Morgan fingerprint density at radius 1 is 1.25 bits per heavy atom. The summed E-state index contributed by atoms with van der Waals surface area (Å²) in [5.41, 5.74) is 0.206. The number of phenolic OH excluding ortho intramolecular Hbond substituents is 2. The first-order valence-corrected chi connectivity index (χ1v) is 5.14. The maximum atomic E-state index is 11.3. The van der Waals surface area contributed by atoms with Crippen molar-refractivity contribution in [2.24, 2.45) is 0 Å². The topological polar surface area (TPSA) is 86.2 Å². The number of aromatic amines is 1. The van der Waals surface area contributed by atoms with Crippen LogP contribution < -0.4 is 5.56 Å². The van der Waals surface area contributed by atoms with Crippen LogP contribution in [0.25, 0.3) is 11.4 Å². The summed E-state index contributed by atoms with van der Waals surface area (Å²) in [6.07, 6.45) is 1.37. The van der Waals surface area contributed by atoms with Crippen LogP contribution in [-0.2, 0) is 0 Å². The van der Waals surface area contributed by atoms with Gasteiger partial charge in [-0.15, -0.1) is 0 Å². The van der Waals surface area contributed by atoms with Crippen molar-refractivity contribution >= 4 is 15.9 Å². The molecule has 0 bridgehead atoms. The molecular formula is C10H7BrN2O3. The first kappa shape index (κ1) is 10.7. The molecule has 0 radical (unpaired) electrons. The van der Waals surface area contributed by atoms with Gasteiger partial charge in [0.1, 0.15) is 10.3 Å². The second kappa shape index (κ2) is 3.97. The van der Waals surface area contributed by atoms with E-state index < -0.39 is 0 Å². The third-order valence-corrected chi connectivity index (χ3v) is 2.57. The van der Waals surface area contributed by atoms with Gasteiger partial charge in [0.05, 0.1) is 0 Å². The fraction of sp³-hybridized carbons (Fsp3) is 0. The molecule has 1 heterocycles. The van der Waals surface area contributed by atoms with Gasteiger partial charge in [-0.3, -0.25) is 4.79 Å². The minimum Gasteiger partial charge on any atom is -0.504 e. The molecule has 0 saturated heterocycles. The summed E-state index contributed by atoms with van der Waals surface area (Å²) in [4.78, 5) is 17.8. The minimum atomic E-state index is -0.308. The van der Waals surface area contributed by atoms with E-state index in [1.807, 2.05) is 0 Å². The molecule has 0 fully saturated rings. The van der Waals surface area contributed by atoms with Crippen molar-refractivity contribution in [2.75, 3.05) is 0 Å². The molecule has 2 aromatic rings. The molecule has 2 rings (SSSR count). The van der Waals surface area contributed by atoms with E-state index >= 15 is 0 Å². The van der Waals surface area contributed by atoms with Gasteiger partial charge in [-0.05, 0) is 34.1 Å². The average molecular weight is 283 g/mol. The van der Waals surface area contributed by atoms with Crippen LogP contribution in [0.15, 0.2) is 33.7 Å². The Balaban J connectivity index is 2.55. The summed E-state index contributed by atoms with van der Waals surface area (Å²) in [6, 6.07) is 4.19. The number of halogens is 1. The van der Waals surface area contributed by atoms with Crippen molar-refractivity contribution < 1.29 is 10.2 Å². The molecule has 5 nitrogen and oxygen atoms in total. The van der Waals surface area contributed by atoms with Gasteiger partial charge in [-0.1, -0.05) is 0 Å². The molecule has 0 saturated carbocycles. The maximum absolute atomic E-state index is 11.3. The molecular weight excluding hydrogens is 276 g/mol. The van der Waals surface area contributed by atoms with Crippen molar-refractivity contribution in [3.63, 3.8) is 0 Å². The number of aromatic hydroxyl groups is 2. The van der Waals surface area contributed by atoms with Gasteiger partial charge < -0.3 is 15.2 Å². The van der Waals surface area contributed by atoms with Gasteiger partial charge in [0.2, 0.25) is 0 Å². The number of H-pyrrole nitrogens is 1. The molecule has 6 heteroatoms. The van der Waals surface area contributed by atoms with Crippen LogP contribution in [0.4, 0.5) is 0 Å². The minimum absolute atomic E-state index is 0.219. The van der Waals surface area contributed by atoms with Crippen LogP contribution >= 0.6 is 15.9 Å². The predicted octanol–water partition coefficient (Wildman–Crippen LogP) is 1.61. The Labute approximate surface area is 98.5 Å². The summed E-state index contributed by atoms with van der Waals surface area (Å²) in [7, 11) is 0. The fourth-order valence-corrected chi connectivity index (χ4v) is 1.40. The number of rotatable bonds is 1. The monoisotopic (exact) mass is 282 g/mol. The molecule has 0 atom stereocenters. The molecule has 82 valence electrons. The zero-order valence-corrected chi connectivity index (χ0v) is 9.52. The van der Waals surface area contributed by atoms with Crippen molar-refractivity contribution in [1.82, 2.24) is 9.97 Å². The molecule has 1 aromatic heterocycles. The van der Waals surface area contributed by atoms with Crippen LogP contribution in [0.5, 0.6) is 11.5 Å². The molecule has 0 aliphatic heterocycles. The highest BCUT2D eigenvalue weighted by Crippen LogP contribution is 2.28. The smallest absolute Gasteiger partial charge is 0.265 e. The number of nitrogens with one attached hydrogen (secondary N) is 1. The van der Waals surface area contributed by atoms with Crippen LogP contribution in [0.2, 0.25) is 0 Å². The molecule has 0 aliphatic carbocycles. The van der Waals surface area contributed by atoms with Crippen molar-refractivity contribution in [2.45, 2.75) is 0 Å². The summed E-state index contributed by atoms with van der Waals surface area (Å²) in [5, 5.41) is 18.4. The number of hydrogen-bond donors (Lipinski definition) is 3. The van der Waals surface area contributed by atoms with Crippen LogP contribution in [0.1, 0.15) is 0 Å². The van der Waals surface area contributed by atoms with Crippen molar-refractivity contribution in [1.29, 1.82) is 0 Å². The van der Waals surface area contributed by atoms with Gasteiger partial charge in [-0.2, -0.15) is 0 Å². The summed E-state index contributed by atoms with van der Waals surface area (Å²) in [5.74, 6) is -0.158. The summed E-state index contributed by atoms with van der Waals surface area (Å²) >= 11 is 3.03. The van der Waals surface area contributed by atoms with Gasteiger partial charge >= 0.3 is 0 Å². The molecule has 0 aliphatic rings. The van der Waals surface area contributed by atoms with Crippen molar-refractivity contribution in [3.05, 3.63) is 39.2 Å². The normalized spacial score (nSPS) is 10.3. The van der Waals surface area contributed by atoms with E-state index in [0.29, 0.717) is 15.9 Å². The lowest BCUT2D eigenvalue weighted by atomic mass is 10.2. The van der Waals surface area contributed by atoms with Gasteiger partial charge in [0, 0.05) is 11.8 Å². The Morgan fingerprint density at radius 3 is 2.62 bits per heavy atom. The number of nitrogens with zero attached hydrogens (tertiary/aromatic N) is 1. The number of hydrogen-bond acceptors (Lipinski definition) is 4. The van der Waals surface area contributed by atoms with E-state index in [1.165, 1.54) is 18.3 Å². The summed E-state index contributed by atoms with van der Waals surface area (Å²) in [6.45, 7) is 0. The third kappa shape index (κ3) is 1.92. The Hall–Kier alpha value is -1.82.